The Balaban J connectivity index is 0.875. The summed E-state index contributed by atoms with van der Waals surface area (Å²) in [6.07, 6.45) is 6.63. The van der Waals surface area contributed by atoms with E-state index in [0.29, 0.717) is 99.2 Å². The quantitative estimate of drug-likeness (QED) is 0.137. The van der Waals surface area contributed by atoms with Gasteiger partial charge in [0.1, 0.15) is 34.8 Å². The fraction of sp³-hybridized carbons (Fsp3) is 0.704. The first kappa shape index (κ1) is 53.6. The molecule has 72 heavy (non-hydrogen) atoms. The second kappa shape index (κ2) is 23.7. The summed E-state index contributed by atoms with van der Waals surface area (Å²) in [5.74, 6) is 0.575. The van der Waals surface area contributed by atoms with Crippen molar-refractivity contribution < 1.29 is 66.5 Å². The first-order valence-electron chi connectivity index (χ1n) is 26.3. The number of unbranched alkanes of at least 4 members (excludes halogenated alkanes) is 5. The highest BCUT2D eigenvalue weighted by Gasteiger charge is 2.54. The summed E-state index contributed by atoms with van der Waals surface area (Å²) in [6, 6.07) is 9.01. The molecule has 4 amide bonds. The van der Waals surface area contributed by atoms with E-state index in [1.165, 1.54) is 9.80 Å². The lowest BCUT2D eigenvalue weighted by Crippen LogP contribution is -2.58. The highest BCUT2D eigenvalue weighted by Crippen LogP contribution is 2.43. The molecule has 0 aromatic heterocycles. The molecule has 4 fully saturated rings. The molecule has 6 aliphatic rings. The van der Waals surface area contributed by atoms with Crippen molar-refractivity contribution in [2.45, 2.75) is 192 Å². The Kier molecular flexibility index (Phi) is 17.6. The van der Waals surface area contributed by atoms with Crippen LogP contribution >= 0.6 is 0 Å². The van der Waals surface area contributed by atoms with Crippen LogP contribution in [0.4, 0.5) is 21.0 Å². The van der Waals surface area contributed by atoms with Crippen LogP contribution in [0.25, 0.3) is 0 Å². The number of fused-ring (bicyclic) bond motifs is 4. The first-order valence-corrected chi connectivity index (χ1v) is 26.3. The van der Waals surface area contributed by atoms with Crippen molar-refractivity contribution in [3.8, 4) is 11.5 Å². The molecule has 398 valence electrons. The van der Waals surface area contributed by atoms with Gasteiger partial charge in [-0.05, 0) is 130 Å². The zero-order chi connectivity index (χ0) is 51.2. The number of hydrogen-bond acceptors (Lipinski definition) is 14. The molecule has 4 saturated heterocycles. The van der Waals surface area contributed by atoms with Crippen molar-refractivity contribution in [2.24, 2.45) is 0 Å². The zero-order valence-corrected chi connectivity index (χ0v) is 43.7. The molecule has 18 heteroatoms. The number of amides is 4. The van der Waals surface area contributed by atoms with E-state index in [2.05, 4.69) is 0 Å². The van der Waals surface area contributed by atoms with Gasteiger partial charge in [-0.3, -0.25) is 9.59 Å². The Morgan fingerprint density at radius 3 is 1.33 bits per heavy atom. The van der Waals surface area contributed by atoms with Crippen molar-refractivity contribution in [2.75, 3.05) is 63.5 Å². The molecular formula is C54H78N4O14. The largest absolute Gasteiger partial charge is 0.497 e. The first-order chi connectivity index (χ1) is 34.5. The van der Waals surface area contributed by atoms with Crippen LogP contribution in [-0.2, 0) is 37.9 Å². The van der Waals surface area contributed by atoms with Crippen LogP contribution in [0.2, 0.25) is 0 Å². The number of carbonyl (C=O) groups excluding carboxylic acids is 4. The molecule has 8 rings (SSSR count). The maximum Gasteiger partial charge on any atom is 0.417 e. The van der Waals surface area contributed by atoms with Crippen LogP contribution in [0.1, 0.15) is 152 Å². The lowest BCUT2D eigenvalue weighted by molar-refractivity contribution is -0.202. The summed E-state index contributed by atoms with van der Waals surface area (Å²) in [5.41, 5.74) is -0.193. The second-order valence-corrected chi connectivity index (χ2v) is 21.6. The third-order valence-electron chi connectivity index (χ3n) is 14.0. The van der Waals surface area contributed by atoms with E-state index in [1.54, 1.807) is 60.4 Å². The third-order valence-corrected chi connectivity index (χ3v) is 14.0. The Labute approximate surface area is 425 Å². The van der Waals surface area contributed by atoms with E-state index in [-0.39, 0.29) is 11.8 Å². The van der Waals surface area contributed by atoms with Gasteiger partial charge >= 0.3 is 12.2 Å². The number of benzene rings is 2. The van der Waals surface area contributed by atoms with Crippen LogP contribution in [-0.4, -0.2) is 148 Å². The number of hydrogen-bond donors (Lipinski definition) is 0. The van der Waals surface area contributed by atoms with Crippen LogP contribution in [0, 0.1) is 0 Å². The summed E-state index contributed by atoms with van der Waals surface area (Å²) in [6.45, 7) is 13.8. The van der Waals surface area contributed by atoms with Gasteiger partial charge in [0.2, 0.25) is 0 Å². The number of nitrogens with zero attached hydrogens (tertiary/aromatic N) is 4. The minimum Gasteiger partial charge on any atom is -0.497 e. The molecule has 2 aromatic carbocycles. The maximum atomic E-state index is 14.4. The second-order valence-electron chi connectivity index (χ2n) is 21.6. The van der Waals surface area contributed by atoms with Crippen LogP contribution in [0.3, 0.4) is 0 Å². The summed E-state index contributed by atoms with van der Waals surface area (Å²) in [5, 5.41) is 0. The van der Waals surface area contributed by atoms with E-state index >= 15 is 0 Å². The molecule has 18 nitrogen and oxygen atoms in total. The lowest BCUT2D eigenvalue weighted by Gasteiger charge is -2.40. The standard InChI is InChI=1S/C54H78N4O14/c1-53(2,3)71-51(61)57-39-33-35(63-7)21-23-37(39)47(59)55-27-25-41(45(55)49(57)69-43-19-13-17-31-67-43)65-29-15-11-9-10-12-16-30-66-42-26-28-56-46(42)50(70-44-20-14-18-32-68-44)58(52(62)72-54(4,5)6)40-34-36(64-8)22-24-38(40)48(56)60/h21-24,33-34,41-46,49-50H,9-20,25-32H2,1-8H3/t41?,42?,43?,44?,45-,46-,49-,50-/m0/s1. The average Bonchev–Trinajstić information content (AvgIpc) is 3.93. The van der Waals surface area contributed by atoms with Gasteiger partial charge in [-0.15, -0.1) is 0 Å². The lowest BCUT2D eigenvalue weighted by atomic mass is 10.1. The van der Waals surface area contributed by atoms with Crippen molar-refractivity contribution in [3.05, 3.63) is 47.5 Å². The summed E-state index contributed by atoms with van der Waals surface area (Å²) in [4.78, 5) is 63.9. The molecule has 0 aliphatic carbocycles. The number of anilines is 2. The van der Waals surface area contributed by atoms with Crippen molar-refractivity contribution in [1.29, 1.82) is 0 Å². The molecule has 0 spiro atoms. The Morgan fingerprint density at radius 2 is 0.972 bits per heavy atom. The van der Waals surface area contributed by atoms with Gasteiger partial charge < -0.3 is 57.2 Å². The van der Waals surface area contributed by atoms with Gasteiger partial charge in [0.15, 0.2) is 25.0 Å². The fourth-order valence-electron chi connectivity index (χ4n) is 10.7. The SMILES string of the molecule is COc1ccc2c(c1)N(C(=O)OC(C)(C)C)[C@@H](OC1CCCCO1)[C@@H]1C(OCCCCCCCCOC3CCN4C(=O)c5ccc(OC)cc5N(C(=O)OC(C)(C)C)[C@@H](OC5CCCCO5)[C@H]34)CCN1C2=O. The maximum absolute atomic E-state index is 14.4. The summed E-state index contributed by atoms with van der Waals surface area (Å²) < 4.78 is 62.0. The van der Waals surface area contributed by atoms with Crippen LogP contribution in [0.5, 0.6) is 11.5 Å². The van der Waals surface area contributed by atoms with E-state index in [4.69, 9.17) is 47.4 Å². The highest BCUT2D eigenvalue weighted by molar-refractivity contribution is 6.06. The fourth-order valence-corrected chi connectivity index (χ4v) is 10.7. The number of carbonyl (C=O) groups is 4. The van der Waals surface area contributed by atoms with Crippen molar-refractivity contribution >= 4 is 35.4 Å². The molecule has 6 aliphatic heterocycles. The highest BCUT2D eigenvalue weighted by atomic mass is 16.7. The Bertz CT molecular complexity index is 2030. The molecule has 0 radical (unpaired) electrons. The molecular weight excluding hydrogens is 929 g/mol. The van der Waals surface area contributed by atoms with E-state index in [1.807, 2.05) is 41.5 Å². The summed E-state index contributed by atoms with van der Waals surface area (Å²) >= 11 is 0. The minimum atomic E-state index is -0.945. The Morgan fingerprint density at radius 1 is 0.569 bits per heavy atom. The minimum absolute atomic E-state index is 0.207. The molecule has 2 aromatic rings. The molecule has 8 atom stereocenters. The van der Waals surface area contributed by atoms with Gasteiger partial charge in [0, 0.05) is 51.6 Å². The van der Waals surface area contributed by atoms with Crippen LogP contribution < -0.4 is 19.3 Å². The average molecular weight is 1010 g/mol. The summed E-state index contributed by atoms with van der Waals surface area (Å²) in [7, 11) is 3.10. The van der Waals surface area contributed by atoms with E-state index in [0.717, 1.165) is 64.2 Å². The van der Waals surface area contributed by atoms with Gasteiger partial charge in [-0.25, -0.2) is 19.4 Å². The number of ether oxygens (including phenoxy) is 10. The van der Waals surface area contributed by atoms with Gasteiger partial charge in [-0.2, -0.15) is 0 Å². The third kappa shape index (κ3) is 12.6. The molecule has 0 saturated carbocycles. The van der Waals surface area contributed by atoms with E-state index < -0.39 is 72.7 Å². The van der Waals surface area contributed by atoms with Crippen molar-refractivity contribution in [1.82, 2.24) is 9.80 Å². The predicted octanol–water partition coefficient (Wildman–Crippen LogP) is 9.19. The molecule has 4 unspecified atom stereocenters. The van der Waals surface area contributed by atoms with E-state index in [9.17, 15) is 19.2 Å². The monoisotopic (exact) mass is 1010 g/mol. The van der Waals surface area contributed by atoms with Gasteiger partial charge in [0.05, 0.1) is 48.9 Å². The predicted molar refractivity (Wildman–Crippen MR) is 266 cm³/mol. The normalized spacial score (nSPS) is 26.6. The molecule has 0 bridgehead atoms. The Hall–Kier alpha value is -4.72. The topological polar surface area (TPSA) is 174 Å². The van der Waals surface area contributed by atoms with Crippen LogP contribution in [0.15, 0.2) is 36.4 Å². The van der Waals surface area contributed by atoms with Gasteiger partial charge in [0.25, 0.3) is 11.8 Å². The zero-order valence-electron chi connectivity index (χ0n) is 43.7. The molecule has 0 N–H and O–H groups in total. The van der Waals surface area contributed by atoms with Crippen molar-refractivity contribution in [3.63, 3.8) is 0 Å². The smallest absolute Gasteiger partial charge is 0.417 e. The van der Waals surface area contributed by atoms with Gasteiger partial charge in [-0.1, -0.05) is 25.7 Å². The number of rotatable bonds is 17. The number of methoxy groups -OCH3 is 2. The molecule has 6 heterocycles.